The zero-order valence-electron chi connectivity index (χ0n) is 21.6. The standard InChI is InChI=1S/C23H26F2N6O4S.C2H6/c1-13(2)35-23(34)28-10-9-27-21(33)15-7-8-18(29-12-15)30-22-31-20(26)19(36-22)17(32)11-16(25)6-4-5-14(3)24;1-2/h4-8,12-13H,3,9-11,26H2,1-2H3,(H,27,33)(H,28,34)(H,29,30,31);1-2H3/b5-4-,16-6+;. The van der Waals surface area contributed by atoms with Crippen molar-refractivity contribution in [1.82, 2.24) is 20.6 Å². The summed E-state index contributed by atoms with van der Waals surface area (Å²) in [6.45, 7) is 10.8. The highest BCUT2D eigenvalue weighted by molar-refractivity contribution is 7.18. The van der Waals surface area contributed by atoms with Crippen LogP contribution < -0.4 is 21.7 Å². The summed E-state index contributed by atoms with van der Waals surface area (Å²) < 4.78 is 31.3. The van der Waals surface area contributed by atoms with Crippen LogP contribution in [0, 0.1) is 0 Å². The van der Waals surface area contributed by atoms with Crippen LogP contribution in [0.3, 0.4) is 0 Å². The van der Waals surface area contributed by atoms with Gasteiger partial charge in [0.05, 0.1) is 18.1 Å². The molecule has 2 aromatic heterocycles. The van der Waals surface area contributed by atoms with Crippen molar-refractivity contribution in [2.24, 2.45) is 0 Å². The van der Waals surface area contributed by atoms with Crippen molar-refractivity contribution in [2.75, 3.05) is 24.1 Å². The number of nitrogen functional groups attached to an aromatic ring is 1. The van der Waals surface area contributed by atoms with E-state index >= 15 is 0 Å². The number of rotatable bonds is 12. The Hall–Kier alpha value is -4.13. The molecule has 0 atom stereocenters. The van der Waals surface area contributed by atoms with Crippen LogP contribution in [0.15, 0.2) is 54.8 Å². The summed E-state index contributed by atoms with van der Waals surface area (Å²) in [5, 5.41) is 8.26. The molecule has 0 spiro atoms. The average Bonchev–Trinajstić information content (AvgIpc) is 3.22. The number of alkyl carbamates (subject to hydrolysis) is 1. The maximum atomic E-state index is 13.9. The number of nitrogens with two attached hydrogens (primary N) is 1. The lowest BCUT2D eigenvalue weighted by Gasteiger charge is -2.10. The summed E-state index contributed by atoms with van der Waals surface area (Å²) in [4.78, 5) is 44.2. The smallest absolute Gasteiger partial charge is 0.407 e. The van der Waals surface area contributed by atoms with E-state index in [2.05, 4.69) is 32.5 Å². The van der Waals surface area contributed by atoms with Crippen molar-refractivity contribution < 1.29 is 27.9 Å². The largest absolute Gasteiger partial charge is 0.447 e. The molecule has 10 nitrogen and oxygen atoms in total. The number of nitrogens with one attached hydrogen (secondary N) is 3. The minimum Gasteiger partial charge on any atom is -0.447 e. The first-order valence-electron chi connectivity index (χ1n) is 11.7. The van der Waals surface area contributed by atoms with Crippen LogP contribution in [0.5, 0.6) is 0 Å². The maximum Gasteiger partial charge on any atom is 0.407 e. The lowest BCUT2D eigenvalue weighted by Crippen LogP contribution is -2.35. The Morgan fingerprint density at radius 2 is 1.87 bits per heavy atom. The highest BCUT2D eigenvalue weighted by Gasteiger charge is 2.18. The summed E-state index contributed by atoms with van der Waals surface area (Å²) >= 11 is 0.916. The van der Waals surface area contributed by atoms with Crippen LogP contribution in [-0.4, -0.2) is 46.9 Å². The van der Waals surface area contributed by atoms with Gasteiger partial charge in [-0.25, -0.2) is 23.5 Å². The van der Waals surface area contributed by atoms with Gasteiger partial charge in [0, 0.05) is 19.3 Å². The van der Waals surface area contributed by atoms with E-state index < -0.39 is 30.0 Å². The summed E-state index contributed by atoms with van der Waals surface area (Å²) in [6, 6.07) is 3.05. The molecule has 0 saturated carbocycles. The topological polar surface area (TPSA) is 148 Å². The van der Waals surface area contributed by atoms with Crippen LogP contribution >= 0.6 is 11.3 Å². The van der Waals surface area contributed by atoms with Crippen molar-refractivity contribution in [1.29, 1.82) is 0 Å². The minimum atomic E-state index is -0.776. The number of nitrogens with zero attached hydrogens (tertiary/aromatic N) is 2. The molecule has 5 N–H and O–H groups in total. The van der Waals surface area contributed by atoms with E-state index in [4.69, 9.17) is 10.5 Å². The summed E-state index contributed by atoms with van der Waals surface area (Å²) in [7, 11) is 0. The fraction of sp³-hybridized carbons (Fsp3) is 0.320. The fourth-order valence-corrected chi connectivity index (χ4v) is 3.37. The Kier molecular flexibility index (Phi) is 13.9. The van der Waals surface area contributed by atoms with E-state index in [0.29, 0.717) is 5.82 Å². The number of ketones is 1. The first-order valence-corrected chi connectivity index (χ1v) is 12.5. The molecule has 0 saturated heterocycles. The fourth-order valence-electron chi connectivity index (χ4n) is 2.54. The number of carbonyl (C=O) groups is 3. The number of anilines is 3. The van der Waals surface area contributed by atoms with Crippen molar-refractivity contribution in [3.63, 3.8) is 0 Å². The Morgan fingerprint density at radius 3 is 2.47 bits per heavy atom. The quantitative estimate of drug-likeness (QED) is 0.160. The minimum absolute atomic E-state index is 0.0572. The highest BCUT2D eigenvalue weighted by atomic mass is 32.1. The highest BCUT2D eigenvalue weighted by Crippen LogP contribution is 2.29. The predicted molar refractivity (Wildman–Crippen MR) is 145 cm³/mol. The van der Waals surface area contributed by atoms with E-state index in [1.54, 1.807) is 13.8 Å². The Balaban J connectivity index is 0.00000352. The molecule has 0 aliphatic heterocycles. The zero-order chi connectivity index (χ0) is 28.7. The van der Waals surface area contributed by atoms with Crippen LogP contribution in [-0.2, 0) is 4.74 Å². The second-order valence-corrected chi connectivity index (χ2v) is 8.45. The second kappa shape index (κ2) is 16.6. The van der Waals surface area contributed by atoms with Crippen LogP contribution in [0.2, 0.25) is 0 Å². The van der Waals surface area contributed by atoms with E-state index in [1.807, 2.05) is 13.8 Å². The number of thiazole rings is 1. The summed E-state index contributed by atoms with van der Waals surface area (Å²) in [6.07, 6.45) is 2.98. The molecule has 0 aromatic carbocycles. The molecule has 2 heterocycles. The number of amides is 2. The van der Waals surface area contributed by atoms with E-state index in [9.17, 15) is 23.2 Å². The number of allylic oxidation sites excluding steroid dienone is 5. The Bertz CT molecular complexity index is 1160. The molecular formula is C25H32F2N6O4S. The van der Waals surface area contributed by atoms with Crippen molar-refractivity contribution in [3.05, 3.63) is 65.2 Å². The number of halogens is 2. The van der Waals surface area contributed by atoms with E-state index in [0.717, 1.165) is 29.6 Å². The molecule has 2 aromatic rings. The maximum absolute atomic E-state index is 13.9. The molecule has 2 rings (SSSR count). The molecule has 0 aliphatic rings. The number of ether oxygens (including phenoxy) is 1. The van der Waals surface area contributed by atoms with Gasteiger partial charge in [-0.3, -0.25) is 9.59 Å². The molecule has 13 heteroatoms. The van der Waals surface area contributed by atoms with Gasteiger partial charge >= 0.3 is 6.09 Å². The molecule has 0 fully saturated rings. The lowest BCUT2D eigenvalue weighted by atomic mass is 10.2. The van der Waals surface area contributed by atoms with Crippen LogP contribution in [0.25, 0.3) is 0 Å². The van der Waals surface area contributed by atoms with E-state index in [-0.39, 0.29) is 46.5 Å². The van der Waals surface area contributed by atoms with Gasteiger partial charge in [-0.1, -0.05) is 37.8 Å². The van der Waals surface area contributed by atoms with Gasteiger partial charge in [0.25, 0.3) is 5.91 Å². The molecule has 2 amide bonds. The second-order valence-electron chi connectivity index (χ2n) is 7.45. The average molecular weight is 551 g/mol. The SMILES string of the molecule is C=C(F)/C=C\C=C(\F)CC(=O)c1sc(Nc2ccc(C(=O)NCCNC(=O)OC(C)C)cn2)nc1N.CC. The van der Waals surface area contributed by atoms with Gasteiger partial charge in [-0.05, 0) is 38.1 Å². The molecule has 0 unspecified atom stereocenters. The van der Waals surface area contributed by atoms with Crippen LogP contribution in [0.4, 0.5) is 30.3 Å². The van der Waals surface area contributed by atoms with Crippen molar-refractivity contribution in [3.8, 4) is 0 Å². The van der Waals surface area contributed by atoms with Crippen LogP contribution in [0.1, 0.15) is 54.1 Å². The third-order valence-corrected chi connectivity index (χ3v) is 5.10. The lowest BCUT2D eigenvalue weighted by molar-refractivity contribution is 0.0947. The third kappa shape index (κ3) is 11.7. The third-order valence-electron chi connectivity index (χ3n) is 4.07. The number of hydrogen-bond acceptors (Lipinski definition) is 9. The van der Waals surface area contributed by atoms with Gasteiger partial charge < -0.3 is 26.4 Å². The monoisotopic (exact) mass is 550 g/mol. The first-order chi connectivity index (χ1) is 18.0. The van der Waals surface area contributed by atoms with Crippen molar-refractivity contribution >= 4 is 45.9 Å². The van der Waals surface area contributed by atoms with Gasteiger partial charge in [-0.15, -0.1) is 0 Å². The molecule has 0 radical (unpaired) electrons. The number of hydrogen-bond donors (Lipinski definition) is 4. The number of Topliss-reactive ketones (excluding diaryl/α,β-unsaturated/α-hetero) is 1. The zero-order valence-corrected chi connectivity index (χ0v) is 22.5. The molecule has 0 bridgehead atoms. The van der Waals surface area contributed by atoms with Gasteiger partial charge in [0.2, 0.25) is 0 Å². The summed E-state index contributed by atoms with van der Waals surface area (Å²) in [5.74, 6) is -2.24. The Labute approximate surface area is 224 Å². The first kappa shape index (κ1) is 31.9. The number of pyridine rings is 1. The molecule has 0 aliphatic carbocycles. The molecule has 38 heavy (non-hydrogen) atoms. The molecular weight excluding hydrogens is 518 g/mol. The number of carbonyl (C=O) groups excluding carboxylic acids is 3. The normalized spacial score (nSPS) is 11.0. The summed E-state index contributed by atoms with van der Waals surface area (Å²) in [5.41, 5.74) is 6.07. The van der Waals surface area contributed by atoms with Gasteiger partial charge in [0.1, 0.15) is 28.2 Å². The van der Waals surface area contributed by atoms with Gasteiger partial charge in [0.15, 0.2) is 10.9 Å². The Morgan fingerprint density at radius 1 is 1.18 bits per heavy atom. The van der Waals surface area contributed by atoms with E-state index in [1.165, 1.54) is 18.3 Å². The van der Waals surface area contributed by atoms with Crippen molar-refractivity contribution in [2.45, 2.75) is 40.2 Å². The van der Waals surface area contributed by atoms with Gasteiger partial charge in [-0.2, -0.15) is 0 Å². The molecule has 206 valence electrons. The predicted octanol–water partition coefficient (Wildman–Crippen LogP) is 5.22. The number of aromatic nitrogens is 2.